The highest BCUT2D eigenvalue weighted by Crippen LogP contribution is 2.27. The van der Waals surface area contributed by atoms with Gasteiger partial charge in [0.2, 0.25) is 5.82 Å². The van der Waals surface area contributed by atoms with Crippen molar-refractivity contribution in [3.63, 3.8) is 0 Å². The highest BCUT2D eigenvalue weighted by molar-refractivity contribution is 5.60. The van der Waals surface area contributed by atoms with E-state index in [0.29, 0.717) is 11.3 Å². The van der Waals surface area contributed by atoms with Crippen molar-refractivity contribution in [3.8, 4) is 11.8 Å². The fourth-order valence-corrected chi connectivity index (χ4v) is 1.67. The third kappa shape index (κ3) is 1.76. The third-order valence-corrected chi connectivity index (χ3v) is 2.47. The fourth-order valence-electron chi connectivity index (χ4n) is 1.67. The van der Waals surface area contributed by atoms with Crippen LogP contribution in [0.5, 0.6) is 0 Å². The Bertz CT molecular complexity index is 669. The van der Waals surface area contributed by atoms with E-state index in [4.69, 9.17) is 11.0 Å². The van der Waals surface area contributed by atoms with Crippen molar-refractivity contribution < 1.29 is 4.92 Å². The topological polar surface area (TPSA) is 111 Å². The quantitative estimate of drug-likeness (QED) is 0.635. The molecule has 0 fully saturated rings. The van der Waals surface area contributed by atoms with Crippen LogP contribution < -0.4 is 5.73 Å². The number of anilines is 1. The number of hydrogen-bond donors (Lipinski definition) is 1. The molecular weight excluding hydrogens is 234 g/mol. The van der Waals surface area contributed by atoms with Gasteiger partial charge in [-0.2, -0.15) is 10.4 Å². The Balaban J connectivity index is 2.62. The summed E-state index contributed by atoms with van der Waals surface area (Å²) < 4.78 is 1.26. The SMILES string of the molecule is Cc1nn(-c2cccc(C#N)c2)c(N)c1[N+](=O)[O-]. The minimum atomic E-state index is -0.567. The molecule has 0 amide bonds. The Morgan fingerprint density at radius 1 is 1.56 bits per heavy atom. The van der Waals surface area contributed by atoms with Crippen LogP contribution in [-0.2, 0) is 0 Å². The van der Waals surface area contributed by atoms with Crippen molar-refractivity contribution in [2.75, 3.05) is 5.73 Å². The number of nitro groups is 1. The second-order valence-corrected chi connectivity index (χ2v) is 3.65. The molecule has 0 unspecified atom stereocenters. The zero-order chi connectivity index (χ0) is 13.3. The van der Waals surface area contributed by atoms with Crippen LogP contribution in [-0.4, -0.2) is 14.7 Å². The summed E-state index contributed by atoms with van der Waals surface area (Å²) in [6, 6.07) is 8.51. The number of nitrogens with two attached hydrogens (primary N) is 1. The highest BCUT2D eigenvalue weighted by atomic mass is 16.6. The van der Waals surface area contributed by atoms with Crippen molar-refractivity contribution in [3.05, 3.63) is 45.6 Å². The van der Waals surface area contributed by atoms with Gasteiger partial charge >= 0.3 is 5.69 Å². The van der Waals surface area contributed by atoms with Gasteiger partial charge in [0, 0.05) is 0 Å². The van der Waals surface area contributed by atoms with E-state index in [0.717, 1.165) is 0 Å². The van der Waals surface area contributed by atoms with Crippen molar-refractivity contribution in [2.24, 2.45) is 0 Å². The molecule has 0 radical (unpaired) electrons. The number of nitriles is 1. The molecule has 0 atom stereocenters. The molecule has 0 saturated carbocycles. The highest BCUT2D eigenvalue weighted by Gasteiger charge is 2.23. The number of nitrogen functional groups attached to an aromatic ring is 1. The van der Waals surface area contributed by atoms with Gasteiger partial charge in [0.05, 0.1) is 22.2 Å². The number of hydrogen-bond acceptors (Lipinski definition) is 5. The Morgan fingerprint density at radius 2 is 2.28 bits per heavy atom. The third-order valence-electron chi connectivity index (χ3n) is 2.47. The summed E-state index contributed by atoms with van der Waals surface area (Å²) >= 11 is 0. The first-order valence-electron chi connectivity index (χ1n) is 5.04. The summed E-state index contributed by atoms with van der Waals surface area (Å²) in [5.41, 5.74) is 6.68. The molecule has 1 aromatic carbocycles. The average Bonchev–Trinajstić information content (AvgIpc) is 2.65. The zero-order valence-electron chi connectivity index (χ0n) is 9.49. The lowest BCUT2D eigenvalue weighted by atomic mass is 10.2. The van der Waals surface area contributed by atoms with Gasteiger partial charge in [-0.3, -0.25) is 10.1 Å². The zero-order valence-corrected chi connectivity index (χ0v) is 9.49. The van der Waals surface area contributed by atoms with E-state index in [-0.39, 0.29) is 17.2 Å². The van der Waals surface area contributed by atoms with Crippen LogP contribution in [0, 0.1) is 28.4 Å². The first-order valence-corrected chi connectivity index (χ1v) is 5.04. The Morgan fingerprint density at radius 3 is 2.83 bits per heavy atom. The normalized spacial score (nSPS) is 10.0. The van der Waals surface area contributed by atoms with E-state index in [1.807, 2.05) is 6.07 Å². The number of aryl methyl sites for hydroxylation is 1. The monoisotopic (exact) mass is 243 g/mol. The molecule has 7 heteroatoms. The van der Waals surface area contributed by atoms with Gasteiger partial charge in [0.1, 0.15) is 5.69 Å². The van der Waals surface area contributed by atoms with Crippen LogP contribution in [0.4, 0.5) is 11.5 Å². The summed E-state index contributed by atoms with van der Waals surface area (Å²) in [4.78, 5) is 10.3. The molecule has 90 valence electrons. The lowest BCUT2D eigenvalue weighted by Crippen LogP contribution is -2.03. The first-order chi connectivity index (χ1) is 8.54. The van der Waals surface area contributed by atoms with Crippen LogP contribution in [0.2, 0.25) is 0 Å². The van der Waals surface area contributed by atoms with Crippen LogP contribution in [0.25, 0.3) is 5.69 Å². The van der Waals surface area contributed by atoms with E-state index >= 15 is 0 Å². The van der Waals surface area contributed by atoms with Gasteiger partial charge in [-0.15, -0.1) is 0 Å². The molecule has 7 nitrogen and oxygen atoms in total. The largest absolute Gasteiger partial charge is 0.378 e. The predicted molar refractivity (Wildman–Crippen MR) is 64.1 cm³/mol. The lowest BCUT2D eigenvalue weighted by molar-refractivity contribution is -0.384. The molecule has 0 spiro atoms. The van der Waals surface area contributed by atoms with Crippen LogP contribution in [0.1, 0.15) is 11.3 Å². The Hall–Kier alpha value is -2.88. The molecule has 0 aliphatic heterocycles. The number of benzene rings is 1. The molecule has 2 N–H and O–H groups in total. The molecule has 1 aromatic heterocycles. The first kappa shape index (κ1) is 11.6. The van der Waals surface area contributed by atoms with Crippen molar-refractivity contribution in [1.82, 2.24) is 9.78 Å². The molecule has 18 heavy (non-hydrogen) atoms. The van der Waals surface area contributed by atoms with Gasteiger partial charge in [-0.1, -0.05) is 6.07 Å². The van der Waals surface area contributed by atoms with E-state index < -0.39 is 4.92 Å². The Kier molecular flexibility index (Phi) is 2.69. The van der Waals surface area contributed by atoms with Gasteiger partial charge in [0.25, 0.3) is 0 Å². The molecule has 2 aromatic rings. The maximum Gasteiger partial charge on any atom is 0.333 e. The van der Waals surface area contributed by atoms with Crippen molar-refractivity contribution in [1.29, 1.82) is 5.26 Å². The van der Waals surface area contributed by atoms with Crippen molar-refractivity contribution in [2.45, 2.75) is 6.92 Å². The smallest absolute Gasteiger partial charge is 0.333 e. The van der Waals surface area contributed by atoms with E-state index in [1.165, 1.54) is 11.6 Å². The van der Waals surface area contributed by atoms with Gasteiger partial charge < -0.3 is 5.73 Å². The molecule has 1 heterocycles. The average molecular weight is 243 g/mol. The maximum atomic E-state index is 10.8. The predicted octanol–water partition coefficient (Wildman–Crippen LogP) is 1.54. The van der Waals surface area contributed by atoms with E-state index in [2.05, 4.69) is 5.10 Å². The standard InChI is InChI=1S/C11H9N5O2/c1-7-10(16(17)18)11(13)15(14-7)9-4-2-3-8(5-9)6-12/h2-5H,13H2,1H3. The van der Waals surface area contributed by atoms with Crippen LogP contribution in [0.15, 0.2) is 24.3 Å². The van der Waals surface area contributed by atoms with Gasteiger partial charge in [0.15, 0.2) is 0 Å². The van der Waals surface area contributed by atoms with E-state index in [1.54, 1.807) is 24.3 Å². The molecular formula is C11H9N5O2. The second-order valence-electron chi connectivity index (χ2n) is 3.65. The number of aromatic nitrogens is 2. The van der Waals surface area contributed by atoms with Crippen LogP contribution in [0.3, 0.4) is 0 Å². The fraction of sp³-hybridized carbons (Fsp3) is 0.0909. The Labute approximate surface area is 102 Å². The van der Waals surface area contributed by atoms with Gasteiger partial charge in [-0.25, -0.2) is 4.68 Å². The number of rotatable bonds is 2. The molecule has 0 saturated heterocycles. The molecule has 0 aliphatic rings. The minimum Gasteiger partial charge on any atom is -0.378 e. The second kappa shape index (κ2) is 4.18. The lowest BCUT2D eigenvalue weighted by Gasteiger charge is -2.02. The summed E-state index contributed by atoms with van der Waals surface area (Å²) in [7, 11) is 0. The molecule has 0 aliphatic carbocycles. The summed E-state index contributed by atoms with van der Waals surface area (Å²) in [6.45, 7) is 1.51. The van der Waals surface area contributed by atoms with Crippen molar-refractivity contribution >= 4 is 11.5 Å². The molecule has 2 rings (SSSR count). The minimum absolute atomic E-state index is 0.0485. The summed E-state index contributed by atoms with van der Waals surface area (Å²) in [5, 5.41) is 23.7. The summed E-state index contributed by atoms with van der Waals surface area (Å²) in [5.74, 6) is -0.0485. The number of nitrogens with zero attached hydrogens (tertiary/aromatic N) is 4. The van der Waals surface area contributed by atoms with Crippen LogP contribution >= 0.6 is 0 Å². The maximum absolute atomic E-state index is 10.8. The summed E-state index contributed by atoms with van der Waals surface area (Å²) in [6.07, 6.45) is 0. The van der Waals surface area contributed by atoms with E-state index in [9.17, 15) is 10.1 Å². The molecule has 0 bridgehead atoms. The van der Waals surface area contributed by atoms with Gasteiger partial charge in [-0.05, 0) is 25.1 Å².